The first-order chi connectivity index (χ1) is 18.8. The number of alkyl carbamates (subject to hydrolysis) is 2. The summed E-state index contributed by atoms with van der Waals surface area (Å²) in [6.07, 6.45) is 2.85. The molecule has 12 heteroatoms. The highest BCUT2D eigenvalue weighted by molar-refractivity contribution is 6.35. The number of allylic oxidation sites excluding steroid dienone is 3. The quantitative estimate of drug-likeness (QED) is 0.331. The Hall–Kier alpha value is -3.54. The molecule has 1 aromatic rings. The number of phenolic OH excluding ortho intramolecular Hbond substituents is 1. The number of ether oxygens (including phenoxy) is 3. The maximum Gasteiger partial charge on any atom is 0.409 e. The van der Waals surface area contributed by atoms with E-state index in [2.05, 4.69) is 16.0 Å². The molecule has 5 atom stereocenters. The van der Waals surface area contributed by atoms with Crippen LogP contribution in [0.25, 0.3) is 0 Å². The van der Waals surface area contributed by atoms with E-state index in [1.807, 2.05) is 13.0 Å². The maximum atomic E-state index is 13.1. The normalized spacial score (nSPS) is 30.0. The molecule has 1 unspecified atom stereocenters. The van der Waals surface area contributed by atoms with Crippen molar-refractivity contribution in [2.75, 3.05) is 19.5 Å². The molecule has 0 saturated carbocycles. The lowest BCUT2D eigenvalue weighted by Gasteiger charge is -2.41. The molecule has 0 aliphatic carbocycles. The van der Waals surface area contributed by atoms with Crippen LogP contribution in [0.15, 0.2) is 47.6 Å². The van der Waals surface area contributed by atoms with E-state index in [1.165, 1.54) is 20.2 Å². The van der Waals surface area contributed by atoms with Crippen LogP contribution in [-0.2, 0) is 25.4 Å². The third-order valence-electron chi connectivity index (χ3n) is 6.80. The van der Waals surface area contributed by atoms with Gasteiger partial charge in [0.25, 0.3) is 0 Å². The number of benzene rings is 1. The second-order valence-electron chi connectivity index (χ2n) is 10.1. The molecule has 0 aromatic heterocycles. The van der Waals surface area contributed by atoms with Crippen LogP contribution in [-0.4, -0.2) is 66.5 Å². The third kappa shape index (κ3) is 7.77. The van der Waals surface area contributed by atoms with Crippen molar-refractivity contribution in [2.45, 2.75) is 64.1 Å². The van der Waals surface area contributed by atoms with Gasteiger partial charge in [0.15, 0.2) is 5.72 Å². The molecule has 2 aliphatic heterocycles. The van der Waals surface area contributed by atoms with Gasteiger partial charge in [-0.3, -0.25) is 10.1 Å². The largest absolute Gasteiger partial charge is 0.506 e. The molecule has 5 N–H and O–H groups in total. The van der Waals surface area contributed by atoms with Gasteiger partial charge in [0.05, 0.1) is 12.1 Å². The summed E-state index contributed by atoms with van der Waals surface area (Å²) in [6.45, 7) is 5.34. The van der Waals surface area contributed by atoms with Crippen LogP contribution in [0.1, 0.15) is 39.2 Å². The van der Waals surface area contributed by atoms with E-state index in [9.17, 15) is 24.6 Å². The van der Waals surface area contributed by atoms with Gasteiger partial charge in [-0.15, -0.1) is 0 Å². The Bertz CT molecular complexity index is 1230. The van der Waals surface area contributed by atoms with Crippen molar-refractivity contribution in [1.29, 1.82) is 0 Å². The lowest BCUT2D eigenvalue weighted by molar-refractivity contribution is -0.138. The van der Waals surface area contributed by atoms with Crippen LogP contribution >= 0.6 is 11.6 Å². The summed E-state index contributed by atoms with van der Waals surface area (Å²) >= 11 is 6.27. The summed E-state index contributed by atoms with van der Waals surface area (Å²) in [6, 6.07) is 3.16. The summed E-state index contributed by atoms with van der Waals surface area (Å²) in [7, 11) is 2.82. The number of halogens is 1. The maximum absolute atomic E-state index is 13.1. The summed E-state index contributed by atoms with van der Waals surface area (Å²) in [5, 5.41) is 29.3. The zero-order valence-corrected chi connectivity index (χ0v) is 23.9. The number of carbonyl (C=O) groups excluding carboxylic acids is 3. The van der Waals surface area contributed by atoms with Gasteiger partial charge in [-0.2, -0.15) is 0 Å². The lowest BCUT2D eigenvalue weighted by Crippen LogP contribution is -2.63. The molecule has 4 bridgehead atoms. The molecular formula is C28H36ClN3O8. The monoisotopic (exact) mass is 577 g/mol. The smallest absolute Gasteiger partial charge is 0.409 e. The van der Waals surface area contributed by atoms with Gasteiger partial charge in [0, 0.05) is 26.5 Å². The van der Waals surface area contributed by atoms with Gasteiger partial charge >= 0.3 is 12.2 Å². The Morgan fingerprint density at radius 2 is 2.00 bits per heavy atom. The molecule has 2 aliphatic rings. The second kappa shape index (κ2) is 13.2. The number of hydrogen-bond acceptors (Lipinski definition) is 8. The van der Waals surface area contributed by atoms with Crippen LogP contribution in [0, 0.1) is 5.92 Å². The fraction of sp³-hybridized carbons (Fsp3) is 0.464. The van der Waals surface area contributed by atoms with Crippen LogP contribution in [0.3, 0.4) is 0 Å². The van der Waals surface area contributed by atoms with Crippen LogP contribution in [0.4, 0.5) is 15.3 Å². The zero-order chi connectivity index (χ0) is 29.6. The SMILES string of the molecule is CNC(=O)O[C@H]1CC(=O)Nc2cc(cc(O)c2Cl)C/C(C)=C/C=C/[C@@H](OC)[C@@]2(O)C[C@H](OC(=O)N2)C(C)C=C1C. The Kier molecular flexibility index (Phi) is 10.2. The number of rotatable bonds is 2. The number of aliphatic hydroxyl groups is 1. The number of amides is 3. The molecule has 3 amide bonds. The van der Waals surface area contributed by atoms with Crippen LogP contribution < -0.4 is 16.0 Å². The average Bonchev–Trinajstić information content (AvgIpc) is 2.87. The fourth-order valence-corrected chi connectivity index (χ4v) is 4.86. The molecular weight excluding hydrogens is 542 g/mol. The minimum atomic E-state index is -1.76. The highest BCUT2D eigenvalue weighted by Crippen LogP contribution is 2.34. The Labute approximate surface area is 238 Å². The van der Waals surface area contributed by atoms with Crippen molar-refractivity contribution >= 4 is 35.4 Å². The van der Waals surface area contributed by atoms with Crippen LogP contribution in [0.5, 0.6) is 5.75 Å². The Morgan fingerprint density at radius 3 is 2.67 bits per heavy atom. The number of aromatic hydroxyl groups is 1. The first-order valence-corrected chi connectivity index (χ1v) is 13.2. The number of carbonyl (C=O) groups is 3. The minimum Gasteiger partial charge on any atom is -0.506 e. The van der Waals surface area contributed by atoms with Gasteiger partial charge in [-0.1, -0.05) is 48.4 Å². The molecule has 218 valence electrons. The number of fused-ring (bicyclic) bond motifs is 4. The highest BCUT2D eigenvalue weighted by Gasteiger charge is 2.46. The van der Waals surface area contributed by atoms with Crippen molar-refractivity contribution in [1.82, 2.24) is 10.6 Å². The fourth-order valence-electron chi connectivity index (χ4n) is 4.70. The van der Waals surface area contributed by atoms with Gasteiger partial charge < -0.3 is 35.1 Å². The topological polar surface area (TPSA) is 155 Å². The summed E-state index contributed by atoms with van der Waals surface area (Å²) in [5.74, 6) is -1.15. The molecule has 0 spiro atoms. The van der Waals surface area contributed by atoms with E-state index in [4.69, 9.17) is 25.8 Å². The summed E-state index contributed by atoms with van der Waals surface area (Å²) < 4.78 is 16.5. The number of phenols is 1. The molecule has 3 rings (SSSR count). The van der Waals surface area contributed by atoms with Crippen molar-refractivity contribution in [2.24, 2.45) is 5.92 Å². The number of anilines is 1. The molecule has 2 heterocycles. The van der Waals surface area contributed by atoms with Gasteiger partial charge in [-0.05, 0) is 43.5 Å². The van der Waals surface area contributed by atoms with Crippen molar-refractivity contribution in [3.8, 4) is 5.75 Å². The van der Waals surface area contributed by atoms with E-state index in [0.29, 0.717) is 17.6 Å². The first-order valence-electron chi connectivity index (χ1n) is 12.8. The number of nitrogens with one attached hydrogen (secondary N) is 3. The zero-order valence-electron chi connectivity index (χ0n) is 23.1. The van der Waals surface area contributed by atoms with E-state index in [0.717, 1.165) is 5.57 Å². The second-order valence-corrected chi connectivity index (χ2v) is 10.4. The number of hydrogen-bond donors (Lipinski definition) is 5. The highest BCUT2D eigenvalue weighted by atomic mass is 35.5. The molecule has 11 nitrogen and oxygen atoms in total. The number of methoxy groups -OCH3 is 1. The van der Waals surface area contributed by atoms with E-state index in [-0.39, 0.29) is 29.3 Å². The summed E-state index contributed by atoms with van der Waals surface area (Å²) in [4.78, 5) is 37.6. The standard InChI is InChI=1S/C28H36ClN3O8/c1-15-7-6-8-23(38-5)28(37)14-22(40-27(36)32-28)17(3)10-16(2)21(39-26(35)30-4)13-24(34)31-19-11-18(9-15)12-20(33)25(19)29/h6-8,10-12,17,21-23,33,37H,9,13-14H2,1-5H3,(H,30,35)(H,31,34)(H,32,36)/b8-6+,15-7+,16-10?/t17?,21-,22-,23+,28-/m0/s1. The Balaban J connectivity index is 2.08. The van der Waals surface area contributed by atoms with Crippen molar-refractivity contribution in [3.63, 3.8) is 0 Å². The predicted octanol–water partition coefficient (Wildman–Crippen LogP) is 3.94. The predicted molar refractivity (Wildman–Crippen MR) is 149 cm³/mol. The molecule has 40 heavy (non-hydrogen) atoms. The Morgan fingerprint density at radius 1 is 1.27 bits per heavy atom. The van der Waals surface area contributed by atoms with E-state index < -0.39 is 48.0 Å². The molecule has 1 saturated heterocycles. The van der Waals surface area contributed by atoms with E-state index >= 15 is 0 Å². The minimum absolute atomic E-state index is 0.000295. The first kappa shape index (κ1) is 31.0. The van der Waals surface area contributed by atoms with Gasteiger partial charge in [0.1, 0.15) is 29.1 Å². The lowest BCUT2D eigenvalue weighted by atomic mass is 9.89. The van der Waals surface area contributed by atoms with Crippen LogP contribution in [0.2, 0.25) is 5.02 Å². The van der Waals surface area contributed by atoms with E-state index in [1.54, 1.807) is 38.1 Å². The summed E-state index contributed by atoms with van der Waals surface area (Å²) in [5.41, 5.74) is 0.539. The third-order valence-corrected chi connectivity index (χ3v) is 7.19. The van der Waals surface area contributed by atoms with Gasteiger partial charge in [-0.25, -0.2) is 9.59 Å². The van der Waals surface area contributed by atoms with Crippen molar-refractivity contribution in [3.05, 3.63) is 58.2 Å². The average molecular weight is 578 g/mol. The molecule has 0 radical (unpaired) electrons. The molecule has 1 fully saturated rings. The van der Waals surface area contributed by atoms with Crippen molar-refractivity contribution < 1.29 is 38.8 Å². The molecule has 1 aromatic carbocycles. The van der Waals surface area contributed by atoms with Gasteiger partial charge in [0.2, 0.25) is 5.91 Å².